The average molecular weight is 631 g/mol. The van der Waals surface area contributed by atoms with Gasteiger partial charge < -0.3 is 15.3 Å². The van der Waals surface area contributed by atoms with Gasteiger partial charge in [0.2, 0.25) is 0 Å². The normalized spacial score (nSPS) is 14.1. The molecule has 2 heterocycles. The van der Waals surface area contributed by atoms with Gasteiger partial charge in [-0.2, -0.15) is 0 Å². The van der Waals surface area contributed by atoms with Crippen LogP contribution < -0.4 is 10.2 Å². The highest BCUT2D eigenvalue weighted by atomic mass is 35.5. The Morgan fingerprint density at radius 3 is 2.24 bits per heavy atom. The van der Waals surface area contributed by atoms with Crippen LogP contribution in [0.15, 0.2) is 72.8 Å². The Hall–Kier alpha value is -3.07. The van der Waals surface area contributed by atoms with Crippen LogP contribution in [0.5, 0.6) is 0 Å². The number of aromatic nitrogens is 2. The van der Waals surface area contributed by atoms with E-state index in [-0.39, 0.29) is 37.3 Å². The van der Waals surface area contributed by atoms with Crippen molar-refractivity contribution >= 4 is 48.0 Å². The summed E-state index contributed by atoms with van der Waals surface area (Å²) >= 11 is 6.31. The van der Waals surface area contributed by atoms with Crippen LogP contribution in [0.2, 0.25) is 5.02 Å². The number of nitrogens with zero attached hydrogens (tertiary/aromatic N) is 4. The third-order valence-corrected chi connectivity index (χ3v) is 8.04. The summed E-state index contributed by atoms with van der Waals surface area (Å²) in [5.74, 6) is 0.424. The maximum Gasteiger partial charge on any atom is 0.271 e. The molecule has 0 radical (unpaired) electrons. The standard InChI is InChI=1S/C32H36ClN5O2.2ClH/c1-22-10-7-8-14-28(22)38-24(3)30(35-31(38)25-11-5-4-6-12-25)32(40)34-20-26(39)21-36-16-18-37(19-17-36)29-15-9-13-27(33)23(29)2;;/h4-15,26,39H,16-21H2,1-3H3,(H,34,40);2*1H. The second-order valence-corrected chi connectivity index (χ2v) is 10.8. The van der Waals surface area contributed by atoms with Crippen LogP contribution in [0.3, 0.4) is 0 Å². The highest BCUT2D eigenvalue weighted by Crippen LogP contribution is 2.29. The van der Waals surface area contributed by atoms with Crippen LogP contribution in [0.1, 0.15) is 27.3 Å². The van der Waals surface area contributed by atoms with Crippen molar-refractivity contribution in [2.75, 3.05) is 44.2 Å². The molecular formula is C32H38Cl3N5O2. The number of anilines is 1. The lowest BCUT2D eigenvalue weighted by atomic mass is 10.1. The third kappa shape index (κ3) is 7.28. The van der Waals surface area contributed by atoms with E-state index in [4.69, 9.17) is 16.6 Å². The molecule has 4 aromatic rings. The first-order valence-electron chi connectivity index (χ1n) is 13.7. The van der Waals surface area contributed by atoms with Crippen molar-refractivity contribution in [1.29, 1.82) is 0 Å². The van der Waals surface area contributed by atoms with Gasteiger partial charge in [-0.3, -0.25) is 14.3 Å². The SMILES string of the molecule is Cc1ccccc1-n1c(-c2ccccc2)nc(C(=O)NCC(O)CN2CCN(c3cccc(Cl)c3C)CC2)c1C.Cl.Cl. The molecule has 5 rings (SSSR count). The number of benzene rings is 3. The van der Waals surface area contributed by atoms with Gasteiger partial charge in [-0.15, -0.1) is 24.8 Å². The Bertz CT molecular complexity index is 1490. The van der Waals surface area contributed by atoms with Crippen molar-refractivity contribution < 1.29 is 9.90 Å². The Balaban J connectivity index is 0.00000242. The van der Waals surface area contributed by atoms with Crippen LogP contribution in [-0.4, -0.2) is 70.8 Å². The quantitative estimate of drug-likeness (QED) is 0.255. The maximum atomic E-state index is 13.3. The second kappa shape index (κ2) is 14.9. The summed E-state index contributed by atoms with van der Waals surface area (Å²) in [4.78, 5) is 22.7. The van der Waals surface area contributed by atoms with Gasteiger partial charge in [-0.25, -0.2) is 4.98 Å². The molecule has 1 aliphatic rings. The number of rotatable bonds is 8. The molecule has 7 nitrogen and oxygen atoms in total. The maximum absolute atomic E-state index is 13.3. The van der Waals surface area contributed by atoms with Crippen molar-refractivity contribution in [3.63, 3.8) is 0 Å². The Kier molecular flexibility index (Phi) is 11.9. The number of halogens is 3. The fourth-order valence-electron chi connectivity index (χ4n) is 5.37. The van der Waals surface area contributed by atoms with Gasteiger partial charge in [-0.05, 0) is 50.1 Å². The van der Waals surface area contributed by atoms with E-state index in [0.717, 1.165) is 65.0 Å². The largest absolute Gasteiger partial charge is 0.390 e. The van der Waals surface area contributed by atoms with E-state index in [1.807, 2.05) is 79.1 Å². The van der Waals surface area contributed by atoms with Crippen LogP contribution in [0, 0.1) is 20.8 Å². The molecule has 3 aromatic carbocycles. The van der Waals surface area contributed by atoms with E-state index < -0.39 is 6.10 Å². The molecule has 2 N–H and O–H groups in total. The number of piperazine rings is 1. The smallest absolute Gasteiger partial charge is 0.271 e. The number of hydrogen-bond acceptors (Lipinski definition) is 5. The molecule has 1 aliphatic heterocycles. The van der Waals surface area contributed by atoms with Gasteiger partial charge in [0.05, 0.1) is 17.5 Å². The third-order valence-electron chi connectivity index (χ3n) is 7.63. The molecular weight excluding hydrogens is 593 g/mol. The minimum Gasteiger partial charge on any atom is -0.390 e. The Morgan fingerprint density at radius 2 is 1.55 bits per heavy atom. The van der Waals surface area contributed by atoms with Crippen molar-refractivity contribution in [3.8, 4) is 17.1 Å². The van der Waals surface area contributed by atoms with Crippen molar-refractivity contribution in [2.24, 2.45) is 0 Å². The summed E-state index contributed by atoms with van der Waals surface area (Å²) in [6.07, 6.45) is -0.684. The molecule has 1 aromatic heterocycles. The highest BCUT2D eigenvalue weighted by Gasteiger charge is 2.24. The van der Waals surface area contributed by atoms with E-state index in [1.165, 1.54) is 0 Å². The zero-order valence-corrected chi connectivity index (χ0v) is 26.5. The summed E-state index contributed by atoms with van der Waals surface area (Å²) in [6.45, 7) is 10.0. The molecule has 0 aliphatic carbocycles. The lowest BCUT2D eigenvalue weighted by molar-refractivity contribution is 0.0847. The van der Waals surface area contributed by atoms with E-state index in [0.29, 0.717) is 18.1 Å². The second-order valence-electron chi connectivity index (χ2n) is 10.4. The van der Waals surface area contributed by atoms with E-state index >= 15 is 0 Å². The van der Waals surface area contributed by atoms with Gasteiger partial charge in [0, 0.05) is 55.5 Å². The van der Waals surface area contributed by atoms with E-state index in [9.17, 15) is 9.90 Å². The van der Waals surface area contributed by atoms with Crippen molar-refractivity contribution in [1.82, 2.24) is 19.8 Å². The molecule has 1 saturated heterocycles. The van der Waals surface area contributed by atoms with Crippen LogP contribution in [-0.2, 0) is 0 Å². The van der Waals surface area contributed by atoms with Gasteiger partial charge in [-0.1, -0.05) is 66.2 Å². The zero-order valence-electron chi connectivity index (χ0n) is 24.1. The first kappa shape index (κ1) is 33.4. The number of para-hydroxylation sites is 1. The van der Waals surface area contributed by atoms with Gasteiger partial charge >= 0.3 is 0 Å². The number of carbonyl (C=O) groups is 1. The molecule has 0 spiro atoms. The molecule has 42 heavy (non-hydrogen) atoms. The van der Waals surface area contributed by atoms with E-state index in [1.54, 1.807) is 0 Å². The fraction of sp³-hybridized carbons (Fsp3) is 0.312. The zero-order chi connectivity index (χ0) is 28.2. The molecule has 10 heteroatoms. The van der Waals surface area contributed by atoms with Crippen molar-refractivity contribution in [2.45, 2.75) is 26.9 Å². The number of imidazole rings is 1. The molecule has 224 valence electrons. The highest BCUT2D eigenvalue weighted by molar-refractivity contribution is 6.31. The molecule has 1 unspecified atom stereocenters. The summed E-state index contributed by atoms with van der Waals surface area (Å²) in [5, 5.41) is 14.5. The number of carbonyl (C=O) groups excluding carboxylic acids is 1. The molecule has 1 atom stereocenters. The number of amides is 1. The van der Waals surface area contributed by atoms with Gasteiger partial charge in [0.15, 0.2) is 0 Å². The number of hydrogen-bond donors (Lipinski definition) is 2. The monoisotopic (exact) mass is 629 g/mol. The van der Waals surface area contributed by atoms with E-state index in [2.05, 4.69) is 34.2 Å². The van der Waals surface area contributed by atoms with Gasteiger partial charge in [0.1, 0.15) is 11.5 Å². The fourth-order valence-corrected chi connectivity index (χ4v) is 5.54. The molecule has 1 amide bonds. The summed E-state index contributed by atoms with van der Waals surface area (Å²) in [5.41, 5.74) is 6.38. The summed E-state index contributed by atoms with van der Waals surface area (Å²) in [6, 6.07) is 24.0. The van der Waals surface area contributed by atoms with Gasteiger partial charge in [0.25, 0.3) is 5.91 Å². The number of β-amino-alcohol motifs (C(OH)–C–C–N with tert-alkyl or cyclic N) is 1. The molecule has 1 fully saturated rings. The molecule has 0 saturated carbocycles. The first-order chi connectivity index (χ1) is 19.3. The lowest BCUT2D eigenvalue weighted by Crippen LogP contribution is -2.50. The number of aliphatic hydroxyl groups is 1. The van der Waals surface area contributed by atoms with Crippen LogP contribution in [0.4, 0.5) is 5.69 Å². The number of nitrogens with one attached hydrogen (secondary N) is 1. The number of aryl methyl sites for hydroxylation is 1. The summed E-state index contributed by atoms with van der Waals surface area (Å²) < 4.78 is 2.04. The predicted octanol–water partition coefficient (Wildman–Crippen LogP) is 5.87. The van der Waals surface area contributed by atoms with Crippen LogP contribution >= 0.6 is 36.4 Å². The minimum atomic E-state index is -0.684. The first-order valence-corrected chi connectivity index (χ1v) is 14.1. The van der Waals surface area contributed by atoms with Crippen molar-refractivity contribution in [3.05, 3.63) is 100 Å². The summed E-state index contributed by atoms with van der Waals surface area (Å²) in [7, 11) is 0. The Labute approximate surface area is 265 Å². The Morgan fingerprint density at radius 1 is 0.905 bits per heavy atom. The van der Waals surface area contributed by atoms with Crippen LogP contribution in [0.25, 0.3) is 17.1 Å². The lowest BCUT2D eigenvalue weighted by Gasteiger charge is -2.37. The average Bonchev–Trinajstić information content (AvgIpc) is 3.31. The molecule has 0 bridgehead atoms. The minimum absolute atomic E-state index is 0. The number of aliphatic hydroxyl groups excluding tert-OH is 1. The topological polar surface area (TPSA) is 73.6 Å². The predicted molar refractivity (Wildman–Crippen MR) is 176 cm³/mol.